The van der Waals surface area contributed by atoms with Crippen molar-refractivity contribution in [2.75, 3.05) is 18.0 Å². The Kier molecular flexibility index (Phi) is 6.11. The normalized spacial score (nSPS) is 19.4. The molecule has 2 atom stereocenters. The molecule has 7 nitrogen and oxygen atoms in total. The lowest BCUT2D eigenvalue weighted by Gasteiger charge is -2.40. The standard InChI is InChI=1S/C18H15ClF4N4O3/c19-14-7-12(27(29)30)8-24-16(14)26-6-5-13(10-1-3-11(20)4-2-10)15(9-26)25-17(28)18(21,22)23/h1-4,7-8,13,15H,5-6,9H2,(H,25,28). The Morgan fingerprint density at radius 2 is 1.97 bits per heavy atom. The number of alkyl halides is 3. The molecule has 2 heterocycles. The molecule has 0 saturated carbocycles. The first-order valence-corrected chi connectivity index (χ1v) is 9.12. The largest absolute Gasteiger partial charge is 0.471 e. The van der Waals surface area contributed by atoms with Gasteiger partial charge in [-0.3, -0.25) is 14.9 Å². The van der Waals surface area contributed by atoms with Crippen LogP contribution in [0.3, 0.4) is 0 Å². The van der Waals surface area contributed by atoms with Gasteiger partial charge < -0.3 is 10.2 Å². The van der Waals surface area contributed by atoms with Crippen molar-refractivity contribution in [1.29, 1.82) is 0 Å². The number of nitrogens with zero attached hydrogens (tertiary/aromatic N) is 3. The summed E-state index contributed by atoms with van der Waals surface area (Å²) in [4.78, 5) is 27.2. The molecule has 1 aromatic carbocycles. The quantitative estimate of drug-likeness (QED) is 0.438. The molecule has 2 aromatic rings. The molecular formula is C18H15ClF4N4O3. The molecule has 0 bridgehead atoms. The average molecular weight is 447 g/mol. The van der Waals surface area contributed by atoms with Crippen LogP contribution in [0.2, 0.25) is 5.02 Å². The lowest BCUT2D eigenvalue weighted by molar-refractivity contribution is -0.385. The lowest BCUT2D eigenvalue weighted by atomic mass is 9.85. The monoisotopic (exact) mass is 446 g/mol. The molecule has 1 N–H and O–H groups in total. The number of hydrogen-bond donors (Lipinski definition) is 1. The summed E-state index contributed by atoms with van der Waals surface area (Å²) < 4.78 is 51.7. The number of rotatable bonds is 4. The van der Waals surface area contributed by atoms with Gasteiger partial charge in [0.25, 0.3) is 5.69 Å². The topological polar surface area (TPSA) is 88.4 Å². The molecule has 1 fully saturated rings. The number of pyridine rings is 1. The fraction of sp³-hybridized carbons (Fsp3) is 0.333. The molecule has 1 saturated heterocycles. The molecule has 1 aliphatic heterocycles. The van der Waals surface area contributed by atoms with Crippen LogP contribution in [0.1, 0.15) is 17.9 Å². The Morgan fingerprint density at radius 3 is 2.53 bits per heavy atom. The van der Waals surface area contributed by atoms with E-state index in [1.807, 2.05) is 5.32 Å². The number of piperidine rings is 1. The van der Waals surface area contributed by atoms with Crippen LogP contribution in [-0.2, 0) is 4.79 Å². The maximum atomic E-state index is 13.2. The van der Waals surface area contributed by atoms with Gasteiger partial charge in [0.2, 0.25) is 0 Å². The maximum Gasteiger partial charge on any atom is 0.471 e. The SMILES string of the molecule is O=C(NC1CN(c2ncc([N+](=O)[O-])cc2Cl)CCC1c1ccc(F)cc1)C(F)(F)F. The van der Waals surface area contributed by atoms with Crippen LogP contribution >= 0.6 is 11.6 Å². The Hall–Kier alpha value is -2.95. The van der Waals surface area contributed by atoms with Crippen LogP contribution in [0.15, 0.2) is 36.5 Å². The van der Waals surface area contributed by atoms with E-state index in [9.17, 15) is 32.5 Å². The van der Waals surface area contributed by atoms with E-state index >= 15 is 0 Å². The van der Waals surface area contributed by atoms with Gasteiger partial charge in [-0.2, -0.15) is 13.2 Å². The molecule has 3 rings (SSSR count). The number of nitrogens with one attached hydrogen (secondary N) is 1. The number of nitro groups is 1. The molecule has 2 unspecified atom stereocenters. The van der Waals surface area contributed by atoms with Crippen molar-refractivity contribution in [2.24, 2.45) is 0 Å². The lowest BCUT2D eigenvalue weighted by Crippen LogP contribution is -2.54. The third-order valence-electron chi connectivity index (χ3n) is 4.80. The first kappa shape index (κ1) is 21.8. The maximum absolute atomic E-state index is 13.2. The zero-order valence-corrected chi connectivity index (χ0v) is 16.0. The number of anilines is 1. The number of aromatic nitrogens is 1. The van der Waals surface area contributed by atoms with E-state index in [4.69, 9.17) is 11.6 Å². The molecule has 1 aromatic heterocycles. The molecule has 160 valence electrons. The Balaban J connectivity index is 1.88. The smallest absolute Gasteiger partial charge is 0.353 e. The third-order valence-corrected chi connectivity index (χ3v) is 5.08. The van der Waals surface area contributed by atoms with Gasteiger partial charge in [0.15, 0.2) is 0 Å². The summed E-state index contributed by atoms with van der Waals surface area (Å²) in [5.74, 6) is -2.94. The van der Waals surface area contributed by atoms with Crippen molar-refractivity contribution in [3.63, 3.8) is 0 Å². The minimum absolute atomic E-state index is 0.0367. The number of carbonyl (C=O) groups excluding carboxylic acids is 1. The van der Waals surface area contributed by atoms with Crippen molar-refractivity contribution < 1.29 is 27.3 Å². The van der Waals surface area contributed by atoms with E-state index in [0.717, 1.165) is 12.3 Å². The zero-order chi connectivity index (χ0) is 22.1. The molecule has 1 amide bonds. The number of carbonyl (C=O) groups is 1. The molecule has 0 spiro atoms. The Bertz CT molecular complexity index is 955. The van der Waals surface area contributed by atoms with Gasteiger partial charge in [0.05, 0.1) is 16.0 Å². The second kappa shape index (κ2) is 8.42. The van der Waals surface area contributed by atoms with Gasteiger partial charge in [0, 0.05) is 25.1 Å². The second-order valence-electron chi connectivity index (χ2n) is 6.73. The third kappa shape index (κ3) is 4.78. The van der Waals surface area contributed by atoms with E-state index in [1.165, 1.54) is 24.3 Å². The first-order valence-electron chi connectivity index (χ1n) is 8.74. The van der Waals surface area contributed by atoms with Gasteiger partial charge in [-0.25, -0.2) is 9.37 Å². The van der Waals surface area contributed by atoms with E-state index in [2.05, 4.69) is 4.98 Å². The van der Waals surface area contributed by atoms with Gasteiger partial charge in [-0.05, 0) is 24.1 Å². The van der Waals surface area contributed by atoms with Gasteiger partial charge in [-0.15, -0.1) is 0 Å². The summed E-state index contributed by atoms with van der Waals surface area (Å²) in [5, 5.41) is 12.8. The number of amides is 1. The minimum Gasteiger partial charge on any atom is -0.353 e. The predicted octanol–water partition coefficient (Wildman–Crippen LogP) is 3.82. The highest BCUT2D eigenvalue weighted by Gasteiger charge is 2.42. The molecule has 1 aliphatic rings. The van der Waals surface area contributed by atoms with Crippen LogP contribution in [0.25, 0.3) is 0 Å². The van der Waals surface area contributed by atoms with Crippen molar-refractivity contribution in [3.05, 3.63) is 63.0 Å². The van der Waals surface area contributed by atoms with Crippen LogP contribution in [-0.4, -0.2) is 41.1 Å². The zero-order valence-electron chi connectivity index (χ0n) is 15.2. The van der Waals surface area contributed by atoms with E-state index in [1.54, 1.807) is 4.90 Å². The predicted molar refractivity (Wildman–Crippen MR) is 99.9 cm³/mol. The van der Waals surface area contributed by atoms with Crippen LogP contribution in [0, 0.1) is 15.9 Å². The molecule has 30 heavy (non-hydrogen) atoms. The van der Waals surface area contributed by atoms with E-state index in [-0.39, 0.29) is 23.1 Å². The molecule has 12 heteroatoms. The molecule has 0 radical (unpaired) electrons. The Labute approximate surface area is 172 Å². The van der Waals surface area contributed by atoms with Crippen molar-refractivity contribution in [2.45, 2.75) is 24.6 Å². The Morgan fingerprint density at radius 1 is 1.30 bits per heavy atom. The van der Waals surface area contributed by atoms with Crippen molar-refractivity contribution in [3.8, 4) is 0 Å². The summed E-state index contributed by atoms with van der Waals surface area (Å²) in [7, 11) is 0. The summed E-state index contributed by atoms with van der Waals surface area (Å²) in [5.41, 5.74) is 0.248. The highest BCUT2D eigenvalue weighted by atomic mass is 35.5. The highest BCUT2D eigenvalue weighted by Crippen LogP contribution is 2.34. The summed E-state index contributed by atoms with van der Waals surface area (Å²) in [6, 6.07) is 5.42. The minimum atomic E-state index is -5.07. The number of halogens is 5. The second-order valence-corrected chi connectivity index (χ2v) is 7.13. The van der Waals surface area contributed by atoms with E-state index < -0.39 is 34.8 Å². The van der Waals surface area contributed by atoms with Gasteiger partial charge in [-0.1, -0.05) is 23.7 Å². The summed E-state index contributed by atoms with van der Waals surface area (Å²) in [6.07, 6.45) is -3.76. The van der Waals surface area contributed by atoms with Crippen molar-refractivity contribution >= 4 is 29.0 Å². The van der Waals surface area contributed by atoms with Crippen molar-refractivity contribution in [1.82, 2.24) is 10.3 Å². The number of benzene rings is 1. The molecule has 0 aliphatic carbocycles. The average Bonchev–Trinajstić information content (AvgIpc) is 2.68. The summed E-state index contributed by atoms with van der Waals surface area (Å²) >= 11 is 6.09. The van der Waals surface area contributed by atoms with Crippen LogP contribution < -0.4 is 10.2 Å². The van der Waals surface area contributed by atoms with Crippen LogP contribution in [0.4, 0.5) is 29.1 Å². The fourth-order valence-corrected chi connectivity index (χ4v) is 3.68. The van der Waals surface area contributed by atoms with E-state index in [0.29, 0.717) is 18.5 Å². The van der Waals surface area contributed by atoms with Crippen LogP contribution in [0.5, 0.6) is 0 Å². The highest BCUT2D eigenvalue weighted by molar-refractivity contribution is 6.33. The molecular weight excluding hydrogens is 432 g/mol. The van der Waals surface area contributed by atoms with Gasteiger partial charge in [0.1, 0.15) is 17.8 Å². The summed E-state index contributed by atoms with van der Waals surface area (Å²) in [6.45, 7) is 0.235. The van der Waals surface area contributed by atoms with Gasteiger partial charge >= 0.3 is 12.1 Å². The number of hydrogen-bond acceptors (Lipinski definition) is 5. The first-order chi connectivity index (χ1) is 14.1. The fourth-order valence-electron chi connectivity index (χ4n) is 3.40.